The molecule has 1 N–H and O–H groups in total. The normalized spacial score (nSPS) is 17.7. The lowest BCUT2D eigenvalue weighted by Gasteiger charge is -2.18. The molecule has 2 nitrogen and oxygen atoms in total. The van der Waals surface area contributed by atoms with Crippen LogP contribution in [0.4, 0.5) is 11.4 Å². The second-order valence-corrected chi connectivity index (χ2v) is 8.78. The number of hydrogen-bond donors (Lipinski definition) is 1. The highest BCUT2D eigenvalue weighted by molar-refractivity contribution is 6.18. The van der Waals surface area contributed by atoms with Crippen molar-refractivity contribution < 1.29 is 0 Å². The van der Waals surface area contributed by atoms with Crippen LogP contribution in [0.5, 0.6) is 0 Å². The topological polar surface area (TPSA) is 17.0 Å². The molecule has 0 fully saturated rings. The number of aromatic nitrogens is 1. The third kappa shape index (κ3) is 2.77. The van der Waals surface area contributed by atoms with Gasteiger partial charge in [-0.1, -0.05) is 103 Å². The standard InChI is InChI=1S/C32H22N2/c1-2-4-13-23(14-5-3-1)34-31-24-15-7-6-12-22(24)20-21-27(31)30-25-16-8-10-18-28(25)33-29-19-11-9-17-26(29)32(30)34/h1-2,4,6-13,15-21,23,33H,3H2/b2-1-,13-4-. The monoisotopic (exact) mass is 434 g/mol. The molecular formula is C32H22N2. The zero-order valence-electron chi connectivity index (χ0n) is 18.6. The van der Waals surface area contributed by atoms with E-state index in [9.17, 15) is 0 Å². The Morgan fingerprint density at radius 3 is 2.41 bits per heavy atom. The van der Waals surface area contributed by atoms with E-state index >= 15 is 0 Å². The minimum Gasteiger partial charge on any atom is -0.354 e. The summed E-state index contributed by atoms with van der Waals surface area (Å²) in [5.41, 5.74) is 8.38. The fourth-order valence-corrected chi connectivity index (χ4v) is 5.38. The summed E-state index contributed by atoms with van der Waals surface area (Å²) in [6.07, 6.45) is 9.34. The quantitative estimate of drug-likeness (QED) is 0.258. The average Bonchev–Trinajstić information content (AvgIpc) is 3.12. The first-order valence-electron chi connectivity index (χ1n) is 11.7. The maximum Gasteiger partial charge on any atom is 0.114 e. The van der Waals surface area contributed by atoms with Crippen LogP contribution in [0.3, 0.4) is 0 Å². The summed E-state index contributed by atoms with van der Waals surface area (Å²) >= 11 is 0. The molecule has 0 amide bonds. The molecule has 1 unspecified atom stereocenters. The molecular weight excluding hydrogens is 412 g/mol. The summed E-state index contributed by atoms with van der Waals surface area (Å²) in [6.45, 7) is 0. The van der Waals surface area contributed by atoms with Crippen LogP contribution in [-0.2, 0) is 0 Å². The van der Waals surface area contributed by atoms with E-state index in [0.29, 0.717) is 0 Å². The zero-order chi connectivity index (χ0) is 22.5. The van der Waals surface area contributed by atoms with Crippen LogP contribution in [0.25, 0.3) is 44.1 Å². The minimum absolute atomic E-state index is 0.0691. The third-order valence-electron chi connectivity index (χ3n) is 6.83. The summed E-state index contributed by atoms with van der Waals surface area (Å²) in [5, 5.41) is 7.46. The van der Waals surface area contributed by atoms with E-state index in [1.165, 1.54) is 44.1 Å². The zero-order valence-corrected chi connectivity index (χ0v) is 18.6. The molecule has 0 bridgehead atoms. The summed E-state index contributed by atoms with van der Waals surface area (Å²) in [4.78, 5) is 0. The SMILES string of the molecule is C1#CC(n2c3c(c4ccc5ccccc5c42)-c2ccccc2Nc2ccccc2-3)/C=C\C=C/C1. The highest BCUT2D eigenvalue weighted by Crippen LogP contribution is 2.51. The number of rotatable bonds is 1. The van der Waals surface area contributed by atoms with Gasteiger partial charge >= 0.3 is 0 Å². The van der Waals surface area contributed by atoms with E-state index in [4.69, 9.17) is 0 Å². The lowest BCUT2D eigenvalue weighted by molar-refractivity contribution is 0.786. The van der Waals surface area contributed by atoms with Gasteiger partial charge in [-0.05, 0) is 23.6 Å². The van der Waals surface area contributed by atoms with Crippen LogP contribution in [0.2, 0.25) is 0 Å². The lowest BCUT2D eigenvalue weighted by Crippen LogP contribution is -2.07. The van der Waals surface area contributed by atoms with E-state index in [2.05, 4.69) is 131 Å². The van der Waals surface area contributed by atoms with Crippen molar-refractivity contribution in [3.05, 3.63) is 109 Å². The number of fused-ring (bicyclic) bond motifs is 9. The fourth-order valence-electron chi connectivity index (χ4n) is 5.38. The van der Waals surface area contributed by atoms with Gasteiger partial charge in [-0.2, -0.15) is 0 Å². The lowest BCUT2D eigenvalue weighted by atomic mass is 9.97. The van der Waals surface area contributed by atoms with Crippen LogP contribution >= 0.6 is 0 Å². The number of hydrogen-bond acceptors (Lipinski definition) is 1. The molecule has 4 aromatic carbocycles. The molecule has 2 aliphatic rings. The van der Waals surface area contributed by atoms with Crippen molar-refractivity contribution in [2.24, 2.45) is 0 Å². The van der Waals surface area contributed by atoms with Gasteiger partial charge in [-0.25, -0.2) is 0 Å². The molecule has 5 aromatic rings. The summed E-state index contributed by atoms with van der Waals surface area (Å²) in [5.74, 6) is 6.94. The largest absolute Gasteiger partial charge is 0.354 e. The highest BCUT2D eigenvalue weighted by atomic mass is 15.0. The van der Waals surface area contributed by atoms with Crippen molar-refractivity contribution in [1.82, 2.24) is 4.57 Å². The number of nitrogens with one attached hydrogen (secondary N) is 1. The minimum atomic E-state index is -0.0691. The van der Waals surface area contributed by atoms with Crippen molar-refractivity contribution in [3.63, 3.8) is 0 Å². The average molecular weight is 435 g/mol. The van der Waals surface area contributed by atoms with Crippen molar-refractivity contribution in [2.45, 2.75) is 12.5 Å². The molecule has 34 heavy (non-hydrogen) atoms. The number of nitrogens with zero attached hydrogens (tertiary/aromatic N) is 1. The highest BCUT2D eigenvalue weighted by Gasteiger charge is 2.29. The van der Waals surface area contributed by atoms with Gasteiger partial charge in [-0.15, -0.1) is 0 Å². The van der Waals surface area contributed by atoms with E-state index in [1.54, 1.807) is 0 Å². The maximum absolute atomic E-state index is 3.71. The van der Waals surface area contributed by atoms with Gasteiger partial charge in [0.05, 0.1) is 11.2 Å². The Morgan fingerprint density at radius 1 is 0.735 bits per heavy atom. The van der Waals surface area contributed by atoms with Crippen LogP contribution in [-0.4, -0.2) is 4.57 Å². The number of allylic oxidation sites excluding steroid dienone is 4. The van der Waals surface area contributed by atoms with Gasteiger partial charge in [0.1, 0.15) is 6.04 Å². The van der Waals surface area contributed by atoms with Gasteiger partial charge in [-0.3, -0.25) is 0 Å². The Labute approximate surface area is 198 Å². The Hall–Kier alpha value is -4.48. The maximum atomic E-state index is 3.71. The van der Waals surface area contributed by atoms with Gasteiger partial charge in [0.2, 0.25) is 0 Å². The predicted octanol–water partition coefficient (Wildman–Crippen LogP) is 8.25. The van der Waals surface area contributed by atoms with Crippen LogP contribution in [0.15, 0.2) is 109 Å². The van der Waals surface area contributed by atoms with Crippen molar-refractivity contribution in [1.29, 1.82) is 0 Å². The molecule has 0 spiro atoms. The van der Waals surface area contributed by atoms with Crippen molar-refractivity contribution in [3.8, 4) is 34.2 Å². The molecule has 2 heterocycles. The number of para-hydroxylation sites is 2. The molecule has 160 valence electrons. The van der Waals surface area contributed by atoms with E-state index in [-0.39, 0.29) is 6.04 Å². The molecule has 0 saturated heterocycles. The van der Waals surface area contributed by atoms with E-state index < -0.39 is 0 Å². The second kappa shape index (κ2) is 7.54. The molecule has 1 aliphatic heterocycles. The Kier molecular flexibility index (Phi) is 4.22. The van der Waals surface area contributed by atoms with Crippen LogP contribution in [0.1, 0.15) is 12.5 Å². The molecule has 1 aliphatic carbocycles. The third-order valence-corrected chi connectivity index (χ3v) is 6.83. The first-order valence-corrected chi connectivity index (χ1v) is 11.7. The van der Waals surface area contributed by atoms with Crippen LogP contribution < -0.4 is 5.32 Å². The molecule has 0 saturated carbocycles. The first kappa shape index (κ1) is 19.0. The fraction of sp³-hybridized carbons (Fsp3) is 0.0625. The molecule has 2 heteroatoms. The number of benzene rings is 4. The molecule has 0 radical (unpaired) electrons. The molecule has 1 atom stereocenters. The van der Waals surface area contributed by atoms with Crippen molar-refractivity contribution in [2.75, 3.05) is 5.32 Å². The van der Waals surface area contributed by atoms with Gasteiger partial charge in [0.15, 0.2) is 0 Å². The Balaban J connectivity index is 1.73. The van der Waals surface area contributed by atoms with Crippen LogP contribution in [0, 0.1) is 11.8 Å². The second-order valence-electron chi connectivity index (χ2n) is 8.78. The smallest absolute Gasteiger partial charge is 0.114 e. The number of anilines is 2. The van der Waals surface area contributed by atoms with Gasteiger partial charge in [0.25, 0.3) is 0 Å². The van der Waals surface area contributed by atoms with Gasteiger partial charge in [0, 0.05) is 45.3 Å². The van der Waals surface area contributed by atoms with Gasteiger partial charge < -0.3 is 9.88 Å². The van der Waals surface area contributed by atoms with E-state index in [1.807, 2.05) is 0 Å². The van der Waals surface area contributed by atoms with E-state index in [0.717, 1.165) is 17.8 Å². The molecule has 7 rings (SSSR count). The van der Waals surface area contributed by atoms with Crippen molar-refractivity contribution >= 4 is 33.1 Å². The summed E-state index contributed by atoms with van der Waals surface area (Å²) in [6, 6.07) is 30.4. The Bertz CT molecular complexity index is 1720. The predicted molar refractivity (Wildman–Crippen MR) is 143 cm³/mol. The molecule has 1 aromatic heterocycles. The summed E-state index contributed by atoms with van der Waals surface area (Å²) in [7, 11) is 0. The summed E-state index contributed by atoms with van der Waals surface area (Å²) < 4.78 is 2.47. The Morgan fingerprint density at radius 2 is 1.50 bits per heavy atom. The first-order chi connectivity index (χ1) is 16.9.